The molecule has 0 saturated heterocycles. The molecule has 1 amide bonds. The summed E-state index contributed by atoms with van der Waals surface area (Å²) in [4.78, 5) is 12.0. The van der Waals surface area contributed by atoms with Crippen molar-refractivity contribution < 1.29 is 13.9 Å². The zero-order chi connectivity index (χ0) is 15.4. The summed E-state index contributed by atoms with van der Waals surface area (Å²) < 4.78 is 18.7. The van der Waals surface area contributed by atoms with Crippen molar-refractivity contribution in [1.29, 1.82) is 0 Å². The molecule has 0 aliphatic rings. The van der Waals surface area contributed by atoms with Gasteiger partial charge in [0.25, 0.3) is 5.91 Å². The average molecular weight is 288 g/mol. The number of carbonyl (C=O) groups is 1. The molecule has 0 spiro atoms. The van der Waals surface area contributed by atoms with E-state index >= 15 is 0 Å². The van der Waals surface area contributed by atoms with Gasteiger partial charge < -0.3 is 15.8 Å². The average Bonchev–Trinajstić information content (AvgIpc) is 2.39. The number of nitrogens with two attached hydrogens (primary N) is 1. The van der Waals surface area contributed by atoms with Gasteiger partial charge in [0.05, 0.1) is 6.10 Å². The summed E-state index contributed by atoms with van der Waals surface area (Å²) >= 11 is 0. The third-order valence-corrected chi connectivity index (χ3v) is 2.67. The summed E-state index contributed by atoms with van der Waals surface area (Å²) in [5, 5.41) is 2.68. The summed E-state index contributed by atoms with van der Waals surface area (Å²) in [6.45, 7) is 3.87. The molecule has 0 bridgehead atoms. The molecule has 2 aromatic rings. The molecule has 0 aliphatic carbocycles. The van der Waals surface area contributed by atoms with E-state index in [2.05, 4.69) is 5.32 Å². The van der Waals surface area contributed by atoms with Crippen LogP contribution >= 0.6 is 0 Å². The molecule has 5 heteroatoms. The Hall–Kier alpha value is -2.56. The lowest BCUT2D eigenvalue weighted by Crippen LogP contribution is -2.12. The predicted octanol–water partition coefficient (Wildman–Crippen LogP) is 3.45. The quantitative estimate of drug-likeness (QED) is 0.847. The highest BCUT2D eigenvalue weighted by molar-refractivity contribution is 6.04. The summed E-state index contributed by atoms with van der Waals surface area (Å²) in [7, 11) is 0. The van der Waals surface area contributed by atoms with Gasteiger partial charge >= 0.3 is 0 Å². The summed E-state index contributed by atoms with van der Waals surface area (Å²) in [5.74, 6) is -0.238. The molecule has 2 aromatic carbocycles. The second kappa shape index (κ2) is 6.26. The van der Waals surface area contributed by atoms with Gasteiger partial charge in [-0.05, 0) is 56.3 Å². The van der Waals surface area contributed by atoms with Crippen LogP contribution in [0.25, 0.3) is 0 Å². The topological polar surface area (TPSA) is 64.3 Å². The van der Waals surface area contributed by atoms with E-state index in [1.807, 2.05) is 13.8 Å². The minimum Gasteiger partial charge on any atom is -0.491 e. The van der Waals surface area contributed by atoms with Crippen LogP contribution in [0.15, 0.2) is 42.5 Å². The van der Waals surface area contributed by atoms with Crippen LogP contribution < -0.4 is 15.8 Å². The van der Waals surface area contributed by atoms with E-state index in [4.69, 9.17) is 10.5 Å². The van der Waals surface area contributed by atoms with Gasteiger partial charge in [-0.1, -0.05) is 0 Å². The number of anilines is 2. The second-order valence-corrected chi connectivity index (χ2v) is 4.92. The van der Waals surface area contributed by atoms with E-state index in [1.54, 1.807) is 24.3 Å². The Morgan fingerprint density at radius 2 is 1.86 bits per heavy atom. The molecule has 110 valence electrons. The molecule has 0 fully saturated rings. The van der Waals surface area contributed by atoms with Crippen molar-refractivity contribution >= 4 is 17.3 Å². The first-order valence-corrected chi connectivity index (χ1v) is 6.58. The number of ether oxygens (including phenoxy) is 1. The molecule has 0 radical (unpaired) electrons. The first kappa shape index (κ1) is 14.8. The Labute approximate surface area is 122 Å². The number of benzene rings is 2. The molecular formula is C16H17FN2O2. The molecule has 3 N–H and O–H groups in total. The Bertz CT molecular complexity index is 619. The molecule has 21 heavy (non-hydrogen) atoms. The number of carbonyl (C=O) groups excluding carboxylic acids is 1. The number of hydrogen-bond acceptors (Lipinski definition) is 3. The minimum absolute atomic E-state index is 0.0840. The van der Waals surface area contributed by atoms with Crippen molar-refractivity contribution in [3.05, 3.63) is 53.8 Å². The third-order valence-electron chi connectivity index (χ3n) is 2.67. The van der Waals surface area contributed by atoms with Crippen LogP contribution in [0.4, 0.5) is 15.8 Å². The molecule has 0 saturated carbocycles. The first-order valence-electron chi connectivity index (χ1n) is 6.58. The van der Waals surface area contributed by atoms with E-state index in [0.717, 1.165) is 17.9 Å². The van der Waals surface area contributed by atoms with Crippen molar-refractivity contribution in [3.63, 3.8) is 0 Å². The van der Waals surface area contributed by atoms with Gasteiger partial charge in [0.1, 0.15) is 11.6 Å². The highest BCUT2D eigenvalue weighted by Crippen LogP contribution is 2.18. The van der Waals surface area contributed by atoms with Crippen LogP contribution in [-0.2, 0) is 0 Å². The second-order valence-electron chi connectivity index (χ2n) is 4.92. The fourth-order valence-corrected chi connectivity index (χ4v) is 1.84. The van der Waals surface area contributed by atoms with Crippen LogP contribution in [-0.4, -0.2) is 12.0 Å². The Kier molecular flexibility index (Phi) is 4.42. The van der Waals surface area contributed by atoms with E-state index < -0.39 is 11.7 Å². The summed E-state index contributed by atoms with van der Waals surface area (Å²) in [6.07, 6.45) is 0.0840. The normalized spacial score (nSPS) is 10.5. The molecule has 4 nitrogen and oxygen atoms in total. The molecule has 0 aliphatic heterocycles. The van der Waals surface area contributed by atoms with E-state index in [9.17, 15) is 9.18 Å². The van der Waals surface area contributed by atoms with Crippen LogP contribution in [0.3, 0.4) is 0 Å². The van der Waals surface area contributed by atoms with E-state index in [1.165, 1.54) is 6.07 Å². The monoisotopic (exact) mass is 288 g/mol. The van der Waals surface area contributed by atoms with Gasteiger partial charge in [0.2, 0.25) is 0 Å². The van der Waals surface area contributed by atoms with E-state index in [-0.39, 0.29) is 17.4 Å². The molecule has 0 atom stereocenters. The number of nitrogens with one attached hydrogen (secondary N) is 1. The first-order chi connectivity index (χ1) is 9.94. The maximum Gasteiger partial charge on any atom is 0.255 e. The molecular weight excluding hydrogens is 271 g/mol. The largest absolute Gasteiger partial charge is 0.491 e. The fourth-order valence-electron chi connectivity index (χ4n) is 1.84. The van der Waals surface area contributed by atoms with Crippen molar-refractivity contribution in [1.82, 2.24) is 0 Å². The van der Waals surface area contributed by atoms with E-state index in [0.29, 0.717) is 5.69 Å². The van der Waals surface area contributed by atoms with Gasteiger partial charge in [-0.25, -0.2) is 4.39 Å². The van der Waals surface area contributed by atoms with Gasteiger partial charge in [-0.2, -0.15) is 0 Å². The molecule has 0 heterocycles. The number of nitrogen functional groups attached to an aromatic ring is 1. The fraction of sp³-hybridized carbons (Fsp3) is 0.188. The Balaban J connectivity index is 2.08. The van der Waals surface area contributed by atoms with Gasteiger partial charge in [0.15, 0.2) is 0 Å². The zero-order valence-corrected chi connectivity index (χ0v) is 11.9. The van der Waals surface area contributed by atoms with Gasteiger partial charge in [-0.3, -0.25) is 4.79 Å². The number of halogens is 1. The van der Waals surface area contributed by atoms with Crippen LogP contribution in [0, 0.1) is 5.82 Å². The standard InChI is InChI=1S/C16H17FN2O2/c1-10(2)21-15-5-3-14(4-6-15)19-16(20)11-7-12(17)9-13(18)8-11/h3-10H,18H2,1-2H3,(H,19,20). The zero-order valence-electron chi connectivity index (χ0n) is 11.9. The lowest BCUT2D eigenvalue weighted by Gasteiger charge is -2.11. The predicted molar refractivity (Wildman–Crippen MR) is 81.0 cm³/mol. The highest BCUT2D eigenvalue weighted by Gasteiger charge is 2.09. The molecule has 0 unspecified atom stereocenters. The number of amides is 1. The SMILES string of the molecule is CC(C)Oc1ccc(NC(=O)c2cc(N)cc(F)c2)cc1. The number of hydrogen-bond donors (Lipinski definition) is 2. The highest BCUT2D eigenvalue weighted by atomic mass is 19.1. The van der Waals surface area contributed by atoms with Crippen LogP contribution in [0.5, 0.6) is 5.75 Å². The van der Waals surface area contributed by atoms with Crippen molar-refractivity contribution in [2.45, 2.75) is 20.0 Å². The Morgan fingerprint density at radius 3 is 2.43 bits per heavy atom. The molecule has 2 rings (SSSR count). The molecule has 0 aromatic heterocycles. The van der Waals surface area contributed by atoms with Crippen molar-refractivity contribution in [2.75, 3.05) is 11.1 Å². The van der Waals surface area contributed by atoms with Crippen molar-refractivity contribution in [3.8, 4) is 5.75 Å². The summed E-state index contributed by atoms with van der Waals surface area (Å²) in [6, 6.07) is 10.7. The maximum absolute atomic E-state index is 13.2. The smallest absolute Gasteiger partial charge is 0.255 e. The number of rotatable bonds is 4. The minimum atomic E-state index is -0.541. The Morgan fingerprint density at radius 1 is 1.19 bits per heavy atom. The van der Waals surface area contributed by atoms with Crippen molar-refractivity contribution in [2.24, 2.45) is 0 Å². The third kappa shape index (κ3) is 4.21. The maximum atomic E-state index is 13.2. The lowest BCUT2D eigenvalue weighted by atomic mass is 10.1. The summed E-state index contributed by atoms with van der Waals surface area (Å²) in [5.41, 5.74) is 6.50. The van der Waals surface area contributed by atoms with Crippen LogP contribution in [0.1, 0.15) is 24.2 Å². The lowest BCUT2D eigenvalue weighted by molar-refractivity contribution is 0.102. The van der Waals surface area contributed by atoms with Gasteiger partial charge in [-0.15, -0.1) is 0 Å². The van der Waals surface area contributed by atoms with Crippen LogP contribution in [0.2, 0.25) is 0 Å². The van der Waals surface area contributed by atoms with Gasteiger partial charge in [0, 0.05) is 16.9 Å².